The molecule has 1 aromatic carbocycles. The van der Waals surface area contributed by atoms with Crippen molar-refractivity contribution in [2.75, 3.05) is 32.8 Å². The lowest BCUT2D eigenvalue weighted by Crippen LogP contribution is -2.55. The number of aliphatic hydroxyl groups is 1. The number of carbonyl (C=O) groups excluding carboxylic acids is 4. The van der Waals surface area contributed by atoms with Crippen LogP contribution in [0.2, 0.25) is 0 Å². The van der Waals surface area contributed by atoms with Crippen LogP contribution in [0.4, 0.5) is 0 Å². The van der Waals surface area contributed by atoms with E-state index in [1.54, 1.807) is 23.1 Å². The molecule has 0 radical (unpaired) electrons. The van der Waals surface area contributed by atoms with Gasteiger partial charge in [0.05, 0.1) is 30.6 Å². The molecule has 5 rings (SSSR count). The number of rotatable bonds is 7. The maximum Gasteiger partial charge on any atom is 0.306 e. The van der Waals surface area contributed by atoms with E-state index in [9.17, 15) is 24.3 Å². The number of ether oxygens (including phenoxy) is 2. The number of carbonyl (C=O) groups is 4. The first-order valence-corrected chi connectivity index (χ1v) is 14.6. The van der Waals surface area contributed by atoms with E-state index in [1.165, 1.54) is 4.90 Å². The van der Waals surface area contributed by atoms with Crippen molar-refractivity contribution >= 4 is 23.7 Å². The van der Waals surface area contributed by atoms with Crippen LogP contribution in [0.3, 0.4) is 0 Å². The van der Waals surface area contributed by atoms with Gasteiger partial charge in [0, 0.05) is 26.1 Å². The summed E-state index contributed by atoms with van der Waals surface area (Å²) in [5, 5.41) is 12.9. The average molecular weight is 566 g/mol. The summed E-state index contributed by atoms with van der Waals surface area (Å²) in [7, 11) is 0. The number of esters is 1. The van der Waals surface area contributed by atoms with E-state index in [1.807, 2.05) is 36.4 Å². The van der Waals surface area contributed by atoms with Crippen molar-refractivity contribution in [3.05, 3.63) is 60.2 Å². The standard InChI is InChI=1S/C31H39N3O7/c1-2-3-9-16-33-17-10-15-31-26(29(38)34(18-19-35)27(31)30(33)39)25-23(41-31)13-7-8-14-24(36)40-20-22(32-28(25)37)21-11-5-4-6-12-21/h4-7,10-13,15,22-23,25-27,35H,2-3,8-9,14,16-20H2,1H3,(H,32,37)/b13-7-/t22-,23+,25-,26-,27+,31-/m0/s1. The molecular weight excluding hydrogens is 526 g/mol. The Bertz CT molecular complexity index is 1200. The van der Waals surface area contributed by atoms with Gasteiger partial charge in [0.1, 0.15) is 18.2 Å². The number of benzene rings is 1. The lowest BCUT2D eigenvalue weighted by Gasteiger charge is -2.35. The molecule has 4 aliphatic rings. The number of β-amino-alcohol motifs (C(OH)–C–C–N with tert-alkyl or cyclic N) is 1. The van der Waals surface area contributed by atoms with Crippen LogP contribution in [0.1, 0.15) is 50.6 Å². The SMILES string of the molecule is CCCCCN1CC=C[C@]23O[C@@H]4/C=C\CCC(=O)OC[C@@H](c5ccccc5)NC(=O)[C@@H]4[C@H]2C(=O)N(CCO)[C@@H]3C1=O. The minimum absolute atomic E-state index is 0.0368. The average Bonchev–Trinajstić information content (AvgIpc) is 3.35. The largest absolute Gasteiger partial charge is 0.463 e. The Labute approximate surface area is 240 Å². The number of aliphatic hydroxyl groups excluding tert-OH is 1. The highest BCUT2D eigenvalue weighted by atomic mass is 16.5. The second-order valence-corrected chi connectivity index (χ2v) is 11.1. The summed E-state index contributed by atoms with van der Waals surface area (Å²) in [6.07, 6.45) is 9.73. The van der Waals surface area contributed by atoms with Crippen LogP contribution in [0.5, 0.6) is 0 Å². The molecule has 10 heteroatoms. The Kier molecular flexibility index (Phi) is 8.89. The fourth-order valence-electron chi connectivity index (χ4n) is 6.59. The number of unbranched alkanes of at least 4 members (excludes halogenated alkanes) is 2. The number of allylic oxidation sites excluding steroid dienone is 1. The van der Waals surface area contributed by atoms with E-state index < -0.39 is 41.5 Å². The van der Waals surface area contributed by atoms with E-state index in [2.05, 4.69) is 12.2 Å². The Morgan fingerprint density at radius 3 is 2.61 bits per heavy atom. The van der Waals surface area contributed by atoms with Crippen molar-refractivity contribution in [1.82, 2.24) is 15.1 Å². The highest BCUT2D eigenvalue weighted by Crippen LogP contribution is 2.52. The molecule has 0 unspecified atom stereocenters. The molecule has 2 N–H and O–H groups in total. The maximum absolute atomic E-state index is 14.1. The summed E-state index contributed by atoms with van der Waals surface area (Å²) in [4.78, 5) is 57.7. The van der Waals surface area contributed by atoms with Crippen LogP contribution in [0.25, 0.3) is 0 Å². The van der Waals surface area contributed by atoms with Gasteiger partial charge in [-0.05, 0) is 18.4 Å². The van der Waals surface area contributed by atoms with Gasteiger partial charge in [-0.15, -0.1) is 0 Å². The molecule has 220 valence electrons. The van der Waals surface area contributed by atoms with Gasteiger partial charge < -0.3 is 29.7 Å². The molecule has 4 aliphatic heterocycles. The van der Waals surface area contributed by atoms with Gasteiger partial charge in [0.25, 0.3) is 0 Å². The monoisotopic (exact) mass is 565 g/mol. The first-order valence-electron chi connectivity index (χ1n) is 14.6. The normalized spacial score (nSPS) is 32.7. The Morgan fingerprint density at radius 1 is 1.05 bits per heavy atom. The zero-order valence-electron chi connectivity index (χ0n) is 23.4. The predicted molar refractivity (Wildman–Crippen MR) is 149 cm³/mol. The molecule has 0 aliphatic carbocycles. The van der Waals surface area contributed by atoms with E-state index in [0.717, 1.165) is 24.8 Å². The zero-order valence-corrected chi connectivity index (χ0v) is 23.4. The molecule has 10 nitrogen and oxygen atoms in total. The number of nitrogens with zero attached hydrogens (tertiary/aromatic N) is 2. The van der Waals surface area contributed by atoms with Crippen molar-refractivity contribution in [3.8, 4) is 0 Å². The van der Waals surface area contributed by atoms with E-state index in [4.69, 9.17) is 9.47 Å². The molecule has 41 heavy (non-hydrogen) atoms. The minimum atomic E-state index is -1.37. The summed E-state index contributed by atoms with van der Waals surface area (Å²) in [6, 6.07) is 7.59. The number of cyclic esters (lactones) is 1. The van der Waals surface area contributed by atoms with Gasteiger partial charge >= 0.3 is 5.97 Å². The summed E-state index contributed by atoms with van der Waals surface area (Å²) in [5.74, 6) is -3.32. The van der Waals surface area contributed by atoms with Crippen LogP contribution >= 0.6 is 0 Å². The second-order valence-electron chi connectivity index (χ2n) is 11.1. The molecule has 4 heterocycles. The van der Waals surface area contributed by atoms with E-state index in [0.29, 0.717) is 19.5 Å². The number of fused-ring (bicyclic) bond motifs is 2. The Hall–Kier alpha value is -3.50. The smallest absolute Gasteiger partial charge is 0.306 e. The van der Waals surface area contributed by atoms with Crippen LogP contribution in [0.15, 0.2) is 54.6 Å². The molecular formula is C31H39N3O7. The third-order valence-corrected chi connectivity index (χ3v) is 8.52. The van der Waals surface area contributed by atoms with Gasteiger partial charge in [-0.25, -0.2) is 0 Å². The number of nitrogens with one attached hydrogen (secondary N) is 1. The van der Waals surface area contributed by atoms with Crippen LogP contribution in [-0.2, 0) is 28.7 Å². The number of amides is 3. The quantitative estimate of drug-likeness (QED) is 0.294. The summed E-state index contributed by atoms with van der Waals surface area (Å²) >= 11 is 0. The van der Waals surface area contributed by atoms with E-state index >= 15 is 0 Å². The fraction of sp³-hybridized carbons (Fsp3) is 0.548. The third-order valence-electron chi connectivity index (χ3n) is 8.52. The molecule has 2 saturated heterocycles. The number of likely N-dealkylation sites (tertiary alicyclic amines) is 1. The predicted octanol–water partition coefficient (Wildman–Crippen LogP) is 1.90. The van der Waals surface area contributed by atoms with Gasteiger partial charge in [0.2, 0.25) is 17.7 Å². The summed E-state index contributed by atoms with van der Waals surface area (Å²) in [6.45, 7) is 2.62. The molecule has 0 bridgehead atoms. The van der Waals surface area contributed by atoms with Gasteiger partial charge in [-0.3, -0.25) is 19.2 Å². The highest BCUT2D eigenvalue weighted by molar-refractivity contribution is 5.99. The summed E-state index contributed by atoms with van der Waals surface area (Å²) in [5.41, 5.74) is -0.606. The Balaban J connectivity index is 1.54. The molecule has 6 atom stereocenters. The highest BCUT2D eigenvalue weighted by Gasteiger charge is 2.71. The van der Waals surface area contributed by atoms with Gasteiger partial charge in [-0.2, -0.15) is 0 Å². The topological polar surface area (TPSA) is 125 Å². The lowest BCUT2D eigenvalue weighted by molar-refractivity contribution is -0.148. The first-order chi connectivity index (χ1) is 19.9. The van der Waals surface area contributed by atoms with Crippen molar-refractivity contribution in [1.29, 1.82) is 0 Å². The molecule has 3 amide bonds. The third kappa shape index (κ3) is 5.55. The number of hydrogen-bond donors (Lipinski definition) is 2. The first kappa shape index (κ1) is 29.0. The minimum Gasteiger partial charge on any atom is -0.463 e. The van der Waals surface area contributed by atoms with Crippen LogP contribution < -0.4 is 5.32 Å². The van der Waals surface area contributed by atoms with Crippen molar-refractivity contribution < 1.29 is 33.8 Å². The van der Waals surface area contributed by atoms with Gasteiger partial charge in [-0.1, -0.05) is 74.4 Å². The van der Waals surface area contributed by atoms with Crippen molar-refractivity contribution in [2.45, 2.75) is 62.8 Å². The summed E-state index contributed by atoms with van der Waals surface area (Å²) < 4.78 is 12.1. The molecule has 0 aromatic heterocycles. The van der Waals surface area contributed by atoms with Crippen LogP contribution in [0, 0.1) is 11.8 Å². The van der Waals surface area contributed by atoms with Gasteiger partial charge in [0.15, 0.2) is 0 Å². The van der Waals surface area contributed by atoms with Crippen LogP contribution in [-0.4, -0.2) is 89.2 Å². The molecule has 2 fully saturated rings. The van der Waals surface area contributed by atoms with Crippen molar-refractivity contribution in [2.24, 2.45) is 11.8 Å². The van der Waals surface area contributed by atoms with E-state index in [-0.39, 0.29) is 44.0 Å². The van der Waals surface area contributed by atoms with Crippen molar-refractivity contribution in [3.63, 3.8) is 0 Å². The number of hydrogen-bond acceptors (Lipinski definition) is 7. The molecule has 0 saturated carbocycles. The Morgan fingerprint density at radius 2 is 1.85 bits per heavy atom. The zero-order chi connectivity index (χ0) is 29.0. The molecule has 1 aromatic rings. The fourth-order valence-corrected chi connectivity index (χ4v) is 6.59. The maximum atomic E-state index is 14.1. The second kappa shape index (κ2) is 12.6. The lowest BCUT2D eigenvalue weighted by atomic mass is 9.77. The molecule has 1 spiro atoms.